The maximum atomic E-state index is 5.53. The highest BCUT2D eigenvalue weighted by Gasteiger charge is 2.43. The van der Waals surface area contributed by atoms with Gasteiger partial charge in [0.1, 0.15) is 0 Å². The number of hydrogen-bond acceptors (Lipinski definition) is 3. The summed E-state index contributed by atoms with van der Waals surface area (Å²) in [6.45, 7) is 4.92. The third kappa shape index (κ3) is 2.19. The maximum absolute atomic E-state index is 5.53. The molecule has 1 aliphatic carbocycles. The van der Waals surface area contributed by atoms with Gasteiger partial charge in [-0.05, 0) is 38.0 Å². The zero-order chi connectivity index (χ0) is 12.4. The summed E-state index contributed by atoms with van der Waals surface area (Å²) in [5.41, 5.74) is 2.99. The monoisotopic (exact) mass is 249 g/mol. The Balaban J connectivity index is 1.63. The van der Waals surface area contributed by atoms with E-state index >= 15 is 0 Å². The normalized spacial score (nSPS) is 26.8. The largest absolute Gasteiger partial charge is 0.381 e. The maximum Gasteiger partial charge on any atom is 0.0535 e. The van der Waals surface area contributed by atoms with Crippen LogP contribution in [0.25, 0.3) is 0 Å². The molecule has 3 rings (SSSR count). The van der Waals surface area contributed by atoms with Gasteiger partial charge in [0.15, 0.2) is 0 Å². The Labute approximate surface area is 108 Å². The van der Waals surface area contributed by atoms with Crippen molar-refractivity contribution < 1.29 is 4.74 Å². The Morgan fingerprint density at radius 2 is 2.28 bits per heavy atom. The van der Waals surface area contributed by atoms with Crippen LogP contribution in [-0.2, 0) is 11.3 Å². The van der Waals surface area contributed by atoms with Gasteiger partial charge >= 0.3 is 0 Å². The number of ether oxygens (including phenoxy) is 1. The van der Waals surface area contributed by atoms with E-state index in [4.69, 9.17) is 4.74 Å². The molecule has 100 valence electrons. The van der Waals surface area contributed by atoms with E-state index in [-0.39, 0.29) is 0 Å². The fourth-order valence-corrected chi connectivity index (χ4v) is 3.62. The lowest BCUT2D eigenvalue weighted by Crippen LogP contribution is -2.44. The van der Waals surface area contributed by atoms with E-state index in [2.05, 4.69) is 22.4 Å². The van der Waals surface area contributed by atoms with Crippen molar-refractivity contribution in [2.75, 3.05) is 13.2 Å². The molecular weight excluding hydrogens is 226 g/mol. The van der Waals surface area contributed by atoms with Crippen LogP contribution >= 0.6 is 0 Å². The van der Waals surface area contributed by atoms with Crippen molar-refractivity contribution in [1.29, 1.82) is 0 Å². The Bertz CT molecular complexity index is 395. The molecule has 2 fully saturated rings. The predicted octanol–water partition coefficient (Wildman–Crippen LogP) is 2.16. The quantitative estimate of drug-likeness (QED) is 0.863. The lowest BCUT2D eigenvalue weighted by molar-refractivity contribution is 0.00414. The molecule has 1 aliphatic heterocycles. The second-order valence-electron chi connectivity index (χ2n) is 5.82. The van der Waals surface area contributed by atoms with Gasteiger partial charge in [-0.25, -0.2) is 0 Å². The van der Waals surface area contributed by atoms with Crippen LogP contribution in [0.1, 0.15) is 43.4 Å². The van der Waals surface area contributed by atoms with E-state index in [1.165, 1.54) is 43.4 Å². The van der Waals surface area contributed by atoms with E-state index < -0.39 is 0 Å². The fraction of sp³-hybridized carbons (Fsp3) is 0.786. The highest BCUT2D eigenvalue weighted by Crippen LogP contribution is 2.46. The summed E-state index contributed by atoms with van der Waals surface area (Å²) < 4.78 is 5.53. The molecule has 1 saturated heterocycles. The molecule has 1 saturated carbocycles. The number of aromatic nitrogens is 2. The van der Waals surface area contributed by atoms with Crippen molar-refractivity contribution in [1.82, 2.24) is 15.5 Å². The first-order valence-electron chi connectivity index (χ1n) is 7.10. The van der Waals surface area contributed by atoms with Gasteiger partial charge in [0.05, 0.1) is 6.20 Å². The first-order chi connectivity index (χ1) is 8.80. The van der Waals surface area contributed by atoms with Crippen molar-refractivity contribution in [2.24, 2.45) is 5.41 Å². The Morgan fingerprint density at radius 3 is 3.00 bits per heavy atom. The van der Waals surface area contributed by atoms with Gasteiger partial charge in [-0.2, -0.15) is 5.10 Å². The van der Waals surface area contributed by atoms with Crippen molar-refractivity contribution in [2.45, 2.75) is 51.6 Å². The number of hydrogen-bond donors (Lipinski definition) is 2. The van der Waals surface area contributed by atoms with Gasteiger partial charge in [-0.3, -0.25) is 5.10 Å². The topological polar surface area (TPSA) is 49.9 Å². The molecule has 4 nitrogen and oxygen atoms in total. The summed E-state index contributed by atoms with van der Waals surface area (Å²) in [5, 5.41) is 10.9. The fourth-order valence-electron chi connectivity index (χ4n) is 3.62. The molecule has 1 spiro atoms. The Morgan fingerprint density at radius 1 is 1.44 bits per heavy atom. The highest BCUT2D eigenvalue weighted by molar-refractivity contribution is 5.14. The molecule has 1 aromatic rings. The zero-order valence-corrected chi connectivity index (χ0v) is 11.2. The molecule has 0 bridgehead atoms. The third-order valence-electron chi connectivity index (χ3n) is 4.87. The minimum absolute atomic E-state index is 0.510. The third-order valence-corrected chi connectivity index (χ3v) is 4.87. The van der Waals surface area contributed by atoms with Gasteiger partial charge in [0, 0.05) is 37.1 Å². The van der Waals surface area contributed by atoms with Gasteiger partial charge in [0.2, 0.25) is 0 Å². The van der Waals surface area contributed by atoms with Crippen LogP contribution in [-0.4, -0.2) is 29.5 Å². The van der Waals surface area contributed by atoms with Crippen molar-refractivity contribution >= 4 is 0 Å². The van der Waals surface area contributed by atoms with E-state index in [9.17, 15) is 0 Å². The average Bonchev–Trinajstić information content (AvgIpc) is 2.95. The lowest BCUT2D eigenvalue weighted by Gasteiger charge is -2.39. The minimum Gasteiger partial charge on any atom is -0.381 e. The number of aryl methyl sites for hydroxylation is 1. The van der Waals surface area contributed by atoms with Crippen LogP contribution in [0.3, 0.4) is 0 Å². The van der Waals surface area contributed by atoms with Crippen LogP contribution in [0.5, 0.6) is 0 Å². The predicted molar refractivity (Wildman–Crippen MR) is 70.3 cm³/mol. The number of nitrogens with zero attached hydrogens (tertiary/aromatic N) is 1. The summed E-state index contributed by atoms with van der Waals surface area (Å²) in [4.78, 5) is 0. The summed E-state index contributed by atoms with van der Waals surface area (Å²) in [7, 11) is 0. The highest BCUT2D eigenvalue weighted by atomic mass is 16.5. The molecule has 2 aliphatic rings. The summed E-state index contributed by atoms with van der Waals surface area (Å²) in [6.07, 6.45) is 8.45. The van der Waals surface area contributed by atoms with Crippen molar-refractivity contribution in [3.63, 3.8) is 0 Å². The summed E-state index contributed by atoms with van der Waals surface area (Å²) in [5.74, 6) is 0. The van der Waals surface area contributed by atoms with Crippen molar-refractivity contribution in [3.05, 3.63) is 17.5 Å². The standard InChI is InChI=1S/C14H23N3O/c1-11-12(10-16-17-11)9-15-13-3-2-4-14(13)5-7-18-8-6-14/h10,13,15H,2-9H2,1H3,(H,16,17). The van der Waals surface area contributed by atoms with E-state index in [1.54, 1.807) is 0 Å². The summed E-state index contributed by atoms with van der Waals surface area (Å²) >= 11 is 0. The van der Waals surface area contributed by atoms with Crippen molar-refractivity contribution in [3.8, 4) is 0 Å². The van der Waals surface area contributed by atoms with E-state index in [0.29, 0.717) is 11.5 Å². The van der Waals surface area contributed by atoms with E-state index in [1.807, 2.05) is 6.20 Å². The van der Waals surface area contributed by atoms with Gasteiger partial charge < -0.3 is 10.1 Å². The molecule has 0 aromatic carbocycles. The van der Waals surface area contributed by atoms with Crippen LogP contribution in [0.2, 0.25) is 0 Å². The van der Waals surface area contributed by atoms with Gasteiger partial charge in [-0.1, -0.05) is 6.42 Å². The Hall–Kier alpha value is -0.870. The van der Waals surface area contributed by atoms with Gasteiger partial charge in [0.25, 0.3) is 0 Å². The lowest BCUT2D eigenvalue weighted by atomic mass is 9.75. The molecule has 2 N–H and O–H groups in total. The summed E-state index contributed by atoms with van der Waals surface area (Å²) in [6, 6.07) is 0.663. The zero-order valence-electron chi connectivity index (χ0n) is 11.2. The SMILES string of the molecule is Cc1[nH]ncc1CNC1CCCC12CCOCC2. The Kier molecular flexibility index (Phi) is 3.39. The number of aromatic amines is 1. The molecule has 1 atom stereocenters. The first-order valence-corrected chi connectivity index (χ1v) is 7.10. The molecule has 4 heteroatoms. The second-order valence-corrected chi connectivity index (χ2v) is 5.82. The second kappa shape index (κ2) is 5.02. The average molecular weight is 249 g/mol. The van der Waals surface area contributed by atoms with Crippen LogP contribution in [0.4, 0.5) is 0 Å². The van der Waals surface area contributed by atoms with Crippen LogP contribution < -0.4 is 5.32 Å². The number of rotatable bonds is 3. The van der Waals surface area contributed by atoms with E-state index in [0.717, 1.165) is 19.8 Å². The molecule has 2 heterocycles. The smallest absolute Gasteiger partial charge is 0.0535 e. The molecule has 1 aromatic heterocycles. The number of H-pyrrole nitrogens is 1. The molecule has 0 radical (unpaired) electrons. The molecular formula is C14H23N3O. The van der Waals surface area contributed by atoms with Crippen LogP contribution in [0.15, 0.2) is 6.20 Å². The molecule has 0 amide bonds. The number of nitrogens with one attached hydrogen (secondary N) is 2. The first kappa shape index (κ1) is 12.2. The molecule has 1 unspecified atom stereocenters. The van der Waals surface area contributed by atoms with Gasteiger partial charge in [-0.15, -0.1) is 0 Å². The minimum atomic E-state index is 0.510. The van der Waals surface area contributed by atoms with Crippen LogP contribution in [0, 0.1) is 12.3 Å². The molecule has 18 heavy (non-hydrogen) atoms.